The normalized spacial score (nSPS) is 12.2. The van der Waals surface area contributed by atoms with Crippen LogP contribution in [-0.2, 0) is 11.3 Å². The lowest BCUT2D eigenvalue weighted by molar-refractivity contribution is 0.107. The van der Waals surface area contributed by atoms with Crippen LogP contribution >= 0.6 is 11.6 Å². The summed E-state index contributed by atoms with van der Waals surface area (Å²) in [5.41, 5.74) is -0.421. The molecule has 0 bridgehead atoms. The summed E-state index contributed by atoms with van der Waals surface area (Å²) >= 11 is 2.86. The highest BCUT2D eigenvalue weighted by Gasteiger charge is 2.20. The van der Waals surface area contributed by atoms with E-state index in [1.54, 1.807) is 6.92 Å². The first-order valence-corrected chi connectivity index (χ1v) is 6.30. The van der Waals surface area contributed by atoms with Crippen molar-refractivity contribution in [1.29, 1.82) is 0 Å². The van der Waals surface area contributed by atoms with Crippen molar-refractivity contribution >= 4 is 33.8 Å². The molecular weight excluding hydrogens is 269 g/mol. The number of hydrogen-bond acceptors (Lipinski definition) is 2. The number of nitrogens with zero attached hydrogens (tertiary/aromatic N) is 1. The van der Waals surface area contributed by atoms with Gasteiger partial charge in [-0.3, -0.25) is 13.7 Å². The van der Waals surface area contributed by atoms with Gasteiger partial charge in [-0.2, -0.15) is 0 Å². The number of rotatable bonds is 5. The average molecular weight is 280 g/mol. The molecule has 17 heavy (non-hydrogen) atoms. The Bertz CT molecular complexity index is 455. The molecule has 0 fully saturated rings. The zero-order valence-corrected chi connectivity index (χ0v) is 10.6. The molecular formula is C10H11ClFNO3S. The summed E-state index contributed by atoms with van der Waals surface area (Å²) in [5.74, 6) is -0.886. The highest BCUT2D eigenvalue weighted by atomic mass is 35.5. The second-order valence-electron chi connectivity index (χ2n) is 3.25. The van der Waals surface area contributed by atoms with Crippen molar-refractivity contribution in [1.82, 2.24) is 0 Å². The van der Waals surface area contributed by atoms with Crippen molar-refractivity contribution in [2.45, 2.75) is 13.3 Å². The van der Waals surface area contributed by atoms with Crippen LogP contribution in [0.1, 0.15) is 23.7 Å². The van der Waals surface area contributed by atoms with E-state index in [-0.39, 0.29) is 17.8 Å². The fraction of sp³-hybridized carbons (Fsp3) is 0.300. The van der Waals surface area contributed by atoms with Gasteiger partial charge in [0.15, 0.2) is 5.82 Å². The number of carbonyl (C=O) groups is 1. The van der Waals surface area contributed by atoms with E-state index in [9.17, 15) is 13.4 Å². The standard InChI is InChI=1S/C10H11ClFNO3S/c1-2-6-13(17(15)16)8-5-3-4-7(9(8)12)10(11)14/h3-5H,2,6H2,1H3,(H,15,16). The van der Waals surface area contributed by atoms with E-state index in [0.29, 0.717) is 6.42 Å². The predicted molar refractivity (Wildman–Crippen MR) is 65.0 cm³/mol. The fourth-order valence-corrected chi connectivity index (χ4v) is 2.14. The van der Waals surface area contributed by atoms with Crippen molar-refractivity contribution in [3.8, 4) is 0 Å². The van der Waals surface area contributed by atoms with Crippen LogP contribution in [0, 0.1) is 5.82 Å². The number of carbonyl (C=O) groups excluding carboxylic acids is 1. The molecule has 0 heterocycles. The van der Waals surface area contributed by atoms with Crippen molar-refractivity contribution in [2.24, 2.45) is 0 Å². The summed E-state index contributed by atoms with van der Waals surface area (Å²) in [4.78, 5) is 10.9. The highest BCUT2D eigenvalue weighted by Crippen LogP contribution is 2.24. The molecule has 0 radical (unpaired) electrons. The minimum atomic E-state index is -2.35. The molecule has 0 saturated heterocycles. The molecule has 1 N–H and O–H groups in total. The number of halogens is 2. The number of anilines is 1. The van der Waals surface area contributed by atoms with Gasteiger partial charge in [-0.25, -0.2) is 8.60 Å². The topological polar surface area (TPSA) is 57.6 Å². The van der Waals surface area contributed by atoms with Gasteiger partial charge in [-0.1, -0.05) is 13.0 Å². The third-order valence-electron chi connectivity index (χ3n) is 2.07. The summed E-state index contributed by atoms with van der Waals surface area (Å²) in [6.45, 7) is 1.98. The molecule has 0 spiro atoms. The van der Waals surface area contributed by atoms with Crippen LogP contribution in [0.15, 0.2) is 18.2 Å². The number of benzene rings is 1. The minimum Gasteiger partial charge on any atom is -0.289 e. The zero-order valence-electron chi connectivity index (χ0n) is 9.02. The van der Waals surface area contributed by atoms with E-state index >= 15 is 0 Å². The Morgan fingerprint density at radius 1 is 1.59 bits per heavy atom. The molecule has 0 aromatic heterocycles. The summed E-state index contributed by atoms with van der Waals surface area (Å²) in [5, 5.41) is -0.940. The van der Waals surface area contributed by atoms with Gasteiger partial charge < -0.3 is 0 Å². The highest BCUT2D eigenvalue weighted by molar-refractivity contribution is 7.80. The zero-order chi connectivity index (χ0) is 13.0. The summed E-state index contributed by atoms with van der Waals surface area (Å²) in [6, 6.07) is 3.95. The van der Waals surface area contributed by atoms with Crippen LogP contribution in [-0.4, -0.2) is 20.5 Å². The fourth-order valence-electron chi connectivity index (χ4n) is 1.35. The van der Waals surface area contributed by atoms with Crippen LogP contribution in [0.3, 0.4) is 0 Å². The van der Waals surface area contributed by atoms with Crippen molar-refractivity contribution < 1.29 is 17.9 Å². The quantitative estimate of drug-likeness (QED) is 0.666. The van der Waals surface area contributed by atoms with E-state index in [1.165, 1.54) is 18.2 Å². The Balaban J connectivity index is 3.24. The summed E-state index contributed by atoms with van der Waals surface area (Å²) in [6.07, 6.45) is 0.560. The lowest BCUT2D eigenvalue weighted by atomic mass is 10.2. The molecule has 0 aliphatic heterocycles. The maximum atomic E-state index is 13.9. The van der Waals surface area contributed by atoms with E-state index in [1.807, 2.05) is 0 Å². The van der Waals surface area contributed by atoms with Gasteiger partial charge in [0.2, 0.25) is 0 Å². The van der Waals surface area contributed by atoms with E-state index in [2.05, 4.69) is 0 Å². The smallest absolute Gasteiger partial charge is 0.261 e. The maximum Gasteiger partial charge on any atom is 0.261 e. The molecule has 1 aromatic carbocycles. The second kappa shape index (κ2) is 6.09. The van der Waals surface area contributed by atoms with Crippen LogP contribution < -0.4 is 4.31 Å². The van der Waals surface area contributed by atoms with E-state index < -0.39 is 22.3 Å². The molecule has 1 atom stereocenters. The maximum absolute atomic E-state index is 13.9. The Morgan fingerprint density at radius 2 is 2.24 bits per heavy atom. The molecule has 7 heteroatoms. The third-order valence-corrected chi connectivity index (χ3v) is 3.03. The van der Waals surface area contributed by atoms with Crippen molar-refractivity contribution in [3.05, 3.63) is 29.6 Å². The molecule has 0 aliphatic rings. The molecule has 1 rings (SSSR count). The Kier molecular flexibility index (Phi) is 5.04. The Labute approximate surface area is 106 Å². The lowest BCUT2D eigenvalue weighted by Crippen LogP contribution is -2.27. The van der Waals surface area contributed by atoms with Crippen molar-refractivity contribution in [2.75, 3.05) is 10.8 Å². The van der Waals surface area contributed by atoms with E-state index in [0.717, 1.165) is 4.31 Å². The van der Waals surface area contributed by atoms with Crippen molar-refractivity contribution in [3.63, 3.8) is 0 Å². The summed E-state index contributed by atoms with van der Waals surface area (Å²) < 4.78 is 35.0. The largest absolute Gasteiger partial charge is 0.289 e. The first kappa shape index (κ1) is 14.1. The Morgan fingerprint density at radius 3 is 2.71 bits per heavy atom. The van der Waals surface area contributed by atoms with Crippen LogP contribution in [0.5, 0.6) is 0 Å². The molecule has 0 aliphatic carbocycles. The van der Waals surface area contributed by atoms with Gasteiger partial charge in [0.05, 0.1) is 11.3 Å². The number of hydrogen-bond donors (Lipinski definition) is 1. The first-order valence-electron chi connectivity index (χ1n) is 4.85. The molecule has 1 unspecified atom stereocenters. The monoisotopic (exact) mass is 279 g/mol. The molecule has 94 valence electrons. The molecule has 0 saturated carbocycles. The van der Waals surface area contributed by atoms with Crippen LogP contribution in [0.25, 0.3) is 0 Å². The third kappa shape index (κ3) is 3.24. The van der Waals surface area contributed by atoms with Crippen LogP contribution in [0.2, 0.25) is 0 Å². The SMILES string of the molecule is CCCN(c1cccc(C(=O)Cl)c1F)S(=O)O. The average Bonchev–Trinajstić information content (AvgIpc) is 2.26. The van der Waals surface area contributed by atoms with Gasteiger partial charge in [0, 0.05) is 6.54 Å². The van der Waals surface area contributed by atoms with Gasteiger partial charge in [-0.15, -0.1) is 0 Å². The Hall–Kier alpha value is -0.980. The minimum absolute atomic E-state index is 0.112. The summed E-state index contributed by atoms with van der Waals surface area (Å²) in [7, 11) is 0. The van der Waals surface area contributed by atoms with Gasteiger partial charge in [0.1, 0.15) is 0 Å². The van der Waals surface area contributed by atoms with E-state index in [4.69, 9.17) is 16.2 Å². The molecule has 1 aromatic rings. The van der Waals surface area contributed by atoms with Gasteiger partial charge >= 0.3 is 0 Å². The molecule has 0 amide bonds. The molecule has 4 nitrogen and oxygen atoms in total. The second-order valence-corrected chi connectivity index (χ2v) is 4.49. The van der Waals surface area contributed by atoms with Crippen LogP contribution in [0.4, 0.5) is 10.1 Å². The first-order chi connectivity index (χ1) is 7.99. The van der Waals surface area contributed by atoms with Gasteiger partial charge in [-0.05, 0) is 30.2 Å². The van der Waals surface area contributed by atoms with Gasteiger partial charge in [0.25, 0.3) is 16.5 Å². The lowest BCUT2D eigenvalue weighted by Gasteiger charge is -2.20. The predicted octanol–water partition coefficient (Wildman–Crippen LogP) is 2.56.